The lowest BCUT2D eigenvalue weighted by molar-refractivity contribution is -0.122. The molecule has 0 bridgehead atoms. The first-order valence-electron chi connectivity index (χ1n) is 9.53. The molecule has 2 aliphatic heterocycles. The van der Waals surface area contributed by atoms with Crippen molar-refractivity contribution in [1.29, 1.82) is 0 Å². The quantitative estimate of drug-likeness (QED) is 0.595. The van der Waals surface area contributed by atoms with Crippen molar-refractivity contribution in [3.8, 4) is 0 Å². The van der Waals surface area contributed by atoms with Crippen LogP contribution in [0.3, 0.4) is 0 Å². The zero-order chi connectivity index (χ0) is 22.7. The lowest BCUT2D eigenvalue weighted by Gasteiger charge is -2.35. The van der Waals surface area contributed by atoms with Gasteiger partial charge >= 0.3 is 0 Å². The molecule has 4 rings (SSSR count). The van der Waals surface area contributed by atoms with Crippen LogP contribution in [0.5, 0.6) is 0 Å². The molecule has 162 valence electrons. The third kappa shape index (κ3) is 3.14. The van der Waals surface area contributed by atoms with E-state index in [0.29, 0.717) is 11.3 Å². The first-order valence-corrected chi connectivity index (χ1v) is 10.3. The normalized spacial score (nSPS) is 26.7. The van der Waals surface area contributed by atoms with Crippen LogP contribution in [0.4, 0.5) is 14.5 Å². The van der Waals surface area contributed by atoms with Crippen LogP contribution in [0.25, 0.3) is 0 Å². The summed E-state index contributed by atoms with van der Waals surface area (Å²) in [6.07, 6.45) is 0.263. The topological polar surface area (TPSA) is 84.2 Å². The number of benzene rings is 2. The molecule has 5 nitrogen and oxygen atoms in total. The molecule has 31 heavy (non-hydrogen) atoms. The van der Waals surface area contributed by atoms with Crippen molar-refractivity contribution in [1.82, 2.24) is 5.32 Å². The average Bonchev–Trinajstić information content (AvgIpc) is 3.15. The molecule has 2 heterocycles. The Morgan fingerprint density at radius 2 is 1.97 bits per heavy atom. The van der Waals surface area contributed by atoms with E-state index in [9.17, 15) is 14.0 Å². The molecule has 0 aliphatic carbocycles. The number of fused-ring (bicyclic) bond motifs is 2. The summed E-state index contributed by atoms with van der Waals surface area (Å²) in [6, 6.07) is 4.96. The van der Waals surface area contributed by atoms with E-state index >= 15 is 4.39 Å². The van der Waals surface area contributed by atoms with Crippen molar-refractivity contribution in [3.63, 3.8) is 0 Å². The predicted molar refractivity (Wildman–Crippen MR) is 115 cm³/mol. The summed E-state index contributed by atoms with van der Waals surface area (Å²) in [7, 11) is 0. The molecule has 0 aromatic heterocycles. The largest absolute Gasteiger partial charge is 0.368 e. The predicted octanol–water partition coefficient (Wildman–Crippen LogP) is 4.04. The summed E-state index contributed by atoms with van der Waals surface area (Å²) >= 11 is 11.9. The minimum absolute atomic E-state index is 0.0337. The van der Waals surface area contributed by atoms with Crippen molar-refractivity contribution >= 4 is 40.7 Å². The molecular weight excluding hydrogens is 447 g/mol. The molecule has 1 spiro atoms. The Hall–Kier alpha value is -2.48. The maximum Gasteiger partial charge on any atom is 0.237 e. The van der Waals surface area contributed by atoms with Crippen LogP contribution < -0.4 is 16.4 Å². The lowest BCUT2D eigenvalue weighted by atomic mass is 9.63. The molecule has 4 atom stereocenters. The van der Waals surface area contributed by atoms with Crippen molar-refractivity contribution in [2.75, 3.05) is 5.32 Å². The Bertz CT molecular complexity index is 1140. The van der Waals surface area contributed by atoms with Gasteiger partial charge in [0.15, 0.2) is 0 Å². The van der Waals surface area contributed by atoms with Crippen molar-refractivity contribution in [3.05, 3.63) is 75.3 Å². The van der Waals surface area contributed by atoms with Gasteiger partial charge in [-0.3, -0.25) is 9.59 Å². The van der Waals surface area contributed by atoms with Crippen LogP contribution >= 0.6 is 23.2 Å². The molecule has 2 amide bonds. The minimum atomic E-state index is -1.55. The van der Waals surface area contributed by atoms with Crippen LogP contribution in [-0.2, 0) is 15.0 Å². The molecule has 0 saturated carbocycles. The van der Waals surface area contributed by atoms with Gasteiger partial charge in [0.1, 0.15) is 17.0 Å². The van der Waals surface area contributed by atoms with E-state index < -0.39 is 46.9 Å². The number of rotatable bonds is 4. The van der Waals surface area contributed by atoms with E-state index in [0.717, 1.165) is 6.07 Å². The average molecular weight is 466 g/mol. The molecule has 1 saturated heterocycles. The fourth-order valence-corrected chi connectivity index (χ4v) is 5.27. The highest BCUT2D eigenvalue weighted by Gasteiger charge is 2.65. The lowest BCUT2D eigenvalue weighted by Crippen LogP contribution is -2.48. The number of primary amides is 1. The maximum atomic E-state index is 15.2. The summed E-state index contributed by atoms with van der Waals surface area (Å²) in [6.45, 7) is 5.67. The number of anilines is 1. The Morgan fingerprint density at radius 1 is 1.26 bits per heavy atom. The Labute approximate surface area is 187 Å². The van der Waals surface area contributed by atoms with Crippen molar-refractivity contribution < 1.29 is 18.4 Å². The van der Waals surface area contributed by atoms with Gasteiger partial charge in [0, 0.05) is 17.6 Å². The standard InChI is InChI=1S/C22H19Cl2F2N3O2/c1-9(2)6-16-22(11-7-14(25)13(24)8-15(11)28-21(22)31)17(19(29-16)20(27)30)10-4-3-5-12(23)18(10)26/h3-5,7-8,16-17,19,29H,1,6H2,2H3,(H2,27,30)(H,28,31)/t16-,17+,19-,22+/m1/s1. The molecule has 4 N–H and O–H groups in total. The number of nitrogens with two attached hydrogens (primary N) is 1. The number of carbonyl (C=O) groups is 2. The Balaban J connectivity index is 2.07. The molecular formula is C22H19Cl2F2N3O2. The van der Waals surface area contributed by atoms with Gasteiger partial charge in [-0.15, -0.1) is 6.58 Å². The summed E-state index contributed by atoms with van der Waals surface area (Å²) in [4.78, 5) is 26.0. The molecule has 9 heteroatoms. The Kier molecular flexibility index (Phi) is 5.32. The van der Waals surface area contributed by atoms with E-state index in [1.165, 1.54) is 24.3 Å². The summed E-state index contributed by atoms with van der Waals surface area (Å²) in [5.74, 6) is -3.89. The molecule has 1 fully saturated rings. The molecule has 2 aromatic rings. The van der Waals surface area contributed by atoms with E-state index in [1.54, 1.807) is 6.92 Å². The Morgan fingerprint density at radius 3 is 2.61 bits per heavy atom. The van der Waals surface area contributed by atoms with Gasteiger partial charge in [0.25, 0.3) is 0 Å². The molecule has 0 radical (unpaired) electrons. The van der Waals surface area contributed by atoms with Crippen LogP contribution in [0.1, 0.15) is 30.4 Å². The van der Waals surface area contributed by atoms with Gasteiger partial charge in [-0.2, -0.15) is 0 Å². The highest BCUT2D eigenvalue weighted by Crippen LogP contribution is 2.56. The second-order valence-corrected chi connectivity index (χ2v) is 8.83. The third-order valence-electron chi connectivity index (χ3n) is 6.06. The van der Waals surface area contributed by atoms with Crippen LogP contribution in [0, 0.1) is 11.6 Å². The first-order chi connectivity index (χ1) is 14.6. The van der Waals surface area contributed by atoms with Crippen LogP contribution in [-0.4, -0.2) is 23.9 Å². The highest BCUT2D eigenvalue weighted by molar-refractivity contribution is 6.31. The SMILES string of the molecule is C=C(C)C[C@H]1N[C@@H](C(N)=O)[C@H](c2cccc(Cl)c2F)[C@@]12C(=O)Nc1cc(Cl)c(F)cc12. The van der Waals surface area contributed by atoms with Crippen molar-refractivity contribution in [2.24, 2.45) is 5.73 Å². The highest BCUT2D eigenvalue weighted by atomic mass is 35.5. The first kappa shape index (κ1) is 21.7. The van der Waals surface area contributed by atoms with E-state index in [-0.39, 0.29) is 27.6 Å². The van der Waals surface area contributed by atoms with Crippen LogP contribution in [0.2, 0.25) is 10.0 Å². The zero-order valence-electron chi connectivity index (χ0n) is 16.4. The summed E-state index contributed by atoms with van der Waals surface area (Å²) in [5, 5.41) is 5.48. The van der Waals surface area contributed by atoms with Gasteiger partial charge in [0.2, 0.25) is 11.8 Å². The zero-order valence-corrected chi connectivity index (χ0v) is 18.0. The van der Waals surface area contributed by atoms with Gasteiger partial charge < -0.3 is 16.4 Å². The van der Waals surface area contributed by atoms with E-state index in [4.69, 9.17) is 28.9 Å². The van der Waals surface area contributed by atoms with Crippen molar-refractivity contribution in [2.45, 2.75) is 36.8 Å². The smallest absolute Gasteiger partial charge is 0.237 e. The second kappa shape index (κ2) is 7.58. The number of carbonyl (C=O) groups excluding carboxylic acids is 2. The maximum absolute atomic E-state index is 15.2. The van der Waals surface area contributed by atoms with Crippen LogP contribution in [0.15, 0.2) is 42.5 Å². The molecule has 2 aromatic carbocycles. The summed E-state index contributed by atoms with van der Waals surface area (Å²) < 4.78 is 29.8. The fraction of sp³-hybridized carbons (Fsp3) is 0.273. The van der Waals surface area contributed by atoms with Gasteiger partial charge in [0.05, 0.1) is 16.1 Å². The monoisotopic (exact) mass is 465 g/mol. The van der Waals surface area contributed by atoms with Gasteiger partial charge in [-0.1, -0.05) is 40.9 Å². The molecule has 0 unspecified atom stereocenters. The fourth-order valence-electron chi connectivity index (χ4n) is 4.92. The number of halogens is 4. The molecule has 2 aliphatic rings. The van der Waals surface area contributed by atoms with E-state index in [2.05, 4.69) is 17.2 Å². The second-order valence-electron chi connectivity index (χ2n) is 8.02. The minimum Gasteiger partial charge on any atom is -0.368 e. The van der Waals surface area contributed by atoms with E-state index in [1.807, 2.05) is 0 Å². The number of hydrogen-bond acceptors (Lipinski definition) is 3. The third-order valence-corrected chi connectivity index (χ3v) is 6.64. The number of nitrogens with one attached hydrogen (secondary N) is 2. The summed E-state index contributed by atoms with van der Waals surface area (Å²) in [5.41, 5.74) is 5.43. The van der Waals surface area contributed by atoms with Gasteiger partial charge in [-0.05, 0) is 42.7 Å². The van der Waals surface area contributed by atoms with Gasteiger partial charge in [-0.25, -0.2) is 8.78 Å². The number of amides is 2. The number of hydrogen-bond donors (Lipinski definition) is 3.